The summed E-state index contributed by atoms with van der Waals surface area (Å²) in [5, 5.41) is 3.01. The van der Waals surface area contributed by atoms with Crippen molar-refractivity contribution in [1.29, 1.82) is 0 Å². The van der Waals surface area contributed by atoms with Crippen LogP contribution in [0.2, 0.25) is 0 Å². The molecule has 0 fully saturated rings. The lowest BCUT2D eigenvalue weighted by molar-refractivity contribution is -0.119. The normalized spacial score (nSPS) is 24.7. The van der Waals surface area contributed by atoms with Crippen molar-refractivity contribution in [2.75, 3.05) is 13.6 Å². The second-order valence-corrected chi connectivity index (χ2v) is 6.59. The molecule has 0 amide bonds. The summed E-state index contributed by atoms with van der Waals surface area (Å²) in [5.41, 5.74) is 5.52. The van der Waals surface area contributed by atoms with Crippen molar-refractivity contribution in [3.05, 3.63) is 70.8 Å². The van der Waals surface area contributed by atoms with Crippen molar-refractivity contribution in [3.63, 3.8) is 0 Å². The maximum atomic E-state index is 12.4. The molecular formula is C20H21NO. The van der Waals surface area contributed by atoms with Crippen LogP contribution in [-0.2, 0) is 10.2 Å². The molecule has 1 N–H and O–H groups in total. The molecular weight excluding hydrogens is 270 g/mol. The fraction of sp³-hybridized carbons (Fsp3) is 0.350. The number of Topliss-reactive ketones (excluding diaryl/α,β-unsaturated/α-hetero) is 1. The first-order valence-electron chi connectivity index (χ1n) is 8.11. The molecule has 3 aliphatic rings. The zero-order chi connectivity index (χ0) is 15.2. The molecule has 5 rings (SSSR count). The number of fused-ring (bicyclic) bond motifs is 1. The van der Waals surface area contributed by atoms with Gasteiger partial charge >= 0.3 is 0 Å². The summed E-state index contributed by atoms with van der Waals surface area (Å²) in [7, 11) is 1.84. The summed E-state index contributed by atoms with van der Waals surface area (Å²) in [6, 6.07) is 17.5. The van der Waals surface area contributed by atoms with E-state index in [1.165, 1.54) is 22.3 Å². The van der Waals surface area contributed by atoms with Gasteiger partial charge in [0.1, 0.15) is 5.78 Å². The van der Waals surface area contributed by atoms with Crippen LogP contribution in [0.1, 0.15) is 47.4 Å². The molecule has 3 aliphatic carbocycles. The molecule has 22 heavy (non-hydrogen) atoms. The molecule has 2 bridgehead atoms. The van der Waals surface area contributed by atoms with E-state index in [0.717, 1.165) is 12.8 Å². The molecule has 0 saturated heterocycles. The second kappa shape index (κ2) is 5.06. The highest BCUT2D eigenvalue weighted by Crippen LogP contribution is 2.57. The van der Waals surface area contributed by atoms with Crippen LogP contribution < -0.4 is 5.32 Å². The molecule has 2 aromatic carbocycles. The molecule has 0 aliphatic heterocycles. The SMILES string of the molecule is CNCC(=O)CC12CCC(c3ccccc31)c1ccccc12. The lowest BCUT2D eigenvalue weighted by Gasteiger charge is -2.49. The highest BCUT2D eigenvalue weighted by Gasteiger charge is 2.48. The Kier molecular flexibility index (Phi) is 3.16. The average molecular weight is 291 g/mol. The van der Waals surface area contributed by atoms with Crippen molar-refractivity contribution >= 4 is 5.78 Å². The third-order valence-electron chi connectivity index (χ3n) is 5.44. The summed E-state index contributed by atoms with van der Waals surface area (Å²) >= 11 is 0. The number of carbonyl (C=O) groups excluding carboxylic acids is 1. The number of hydrogen-bond donors (Lipinski definition) is 1. The first kappa shape index (κ1) is 13.7. The van der Waals surface area contributed by atoms with Gasteiger partial charge in [-0.3, -0.25) is 4.79 Å². The van der Waals surface area contributed by atoms with Crippen LogP contribution in [0.4, 0.5) is 0 Å². The molecule has 112 valence electrons. The van der Waals surface area contributed by atoms with E-state index < -0.39 is 0 Å². The van der Waals surface area contributed by atoms with Gasteiger partial charge in [-0.2, -0.15) is 0 Å². The molecule has 0 spiro atoms. The van der Waals surface area contributed by atoms with Gasteiger partial charge in [0.05, 0.1) is 6.54 Å². The first-order valence-corrected chi connectivity index (χ1v) is 8.11. The van der Waals surface area contributed by atoms with E-state index in [9.17, 15) is 4.79 Å². The van der Waals surface area contributed by atoms with Gasteiger partial charge in [0.15, 0.2) is 0 Å². The van der Waals surface area contributed by atoms with Crippen LogP contribution in [0.5, 0.6) is 0 Å². The molecule has 0 saturated carbocycles. The minimum atomic E-state index is -0.115. The van der Waals surface area contributed by atoms with Crippen LogP contribution in [0, 0.1) is 0 Å². The van der Waals surface area contributed by atoms with Gasteiger partial charge in [-0.05, 0) is 42.1 Å². The maximum Gasteiger partial charge on any atom is 0.147 e. The van der Waals surface area contributed by atoms with Crippen LogP contribution in [0.25, 0.3) is 0 Å². The number of carbonyl (C=O) groups is 1. The van der Waals surface area contributed by atoms with Gasteiger partial charge in [0.2, 0.25) is 0 Å². The lowest BCUT2D eigenvalue weighted by atomic mass is 9.54. The van der Waals surface area contributed by atoms with Gasteiger partial charge < -0.3 is 5.32 Å². The average Bonchev–Trinajstić information content (AvgIpc) is 2.56. The van der Waals surface area contributed by atoms with Gasteiger partial charge in [-0.25, -0.2) is 0 Å². The Morgan fingerprint density at radius 2 is 1.68 bits per heavy atom. The molecule has 0 radical (unpaired) electrons. The predicted octanol–water partition coefficient (Wildman–Crippen LogP) is 3.39. The van der Waals surface area contributed by atoms with E-state index in [1.807, 2.05) is 7.05 Å². The Labute approximate surface area is 131 Å². The number of nitrogens with one attached hydrogen (secondary N) is 1. The zero-order valence-electron chi connectivity index (χ0n) is 12.9. The van der Waals surface area contributed by atoms with E-state index in [2.05, 4.69) is 53.8 Å². The van der Waals surface area contributed by atoms with Crippen LogP contribution in [0.3, 0.4) is 0 Å². The van der Waals surface area contributed by atoms with Crippen molar-refractivity contribution in [3.8, 4) is 0 Å². The van der Waals surface area contributed by atoms with Gasteiger partial charge in [-0.1, -0.05) is 48.5 Å². The predicted molar refractivity (Wildman–Crippen MR) is 88.3 cm³/mol. The molecule has 0 aromatic heterocycles. The molecule has 2 aromatic rings. The quantitative estimate of drug-likeness (QED) is 0.935. The first-order chi connectivity index (χ1) is 10.8. The number of benzene rings is 2. The van der Waals surface area contributed by atoms with E-state index in [0.29, 0.717) is 24.7 Å². The Morgan fingerprint density at radius 1 is 1.09 bits per heavy atom. The van der Waals surface area contributed by atoms with Gasteiger partial charge in [0, 0.05) is 17.8 Å². The fourth-order valence-electron chi connectivity index (χ4n) is 4.63. The summed E-state index contributed by atoms with van der Waals surface area (Å²) < 4.78 is 0. The highest BCUT2D eigenvalue weighted by atomic mass is 16.1. The van der Waals surface area contributed by atoms with E-state index in [-0.39, 0.29) is 5.41 Å². The van der Waals surface area contributed by atoms with E-state index in [4.69, 9.17) is 0 Å². The summed E-state index contributed by atoms with van der Waals surface area (Å²) in [6.45, 7) is 0.454. The topological polar surface area (TPSA) is 29.1 Å². The lowest BCUT2D eigenvalue weighted by Crippen LogP contribution is -2.42. The largest absolute Gasteiger partial charge is 0.313 e. The minimum absolute atomic E-state index is 0.115. The third kappa shape index (κ3) is 1.80. The molecule has 0 heterocycles. The monoisotopic (exact) mass is 291 g/mol. The molecule has 2 heteroatoms. The Morgan fingerprint density at radius 3 is 2.27 bits per heavy atom. The molecule has 0 unspecified atom stereocenters. The summed E-state index contributed by atoms with van der Waals surface area (Å²) in [5.74, 6) is 0.807. The standard InChI is InChI=1S/C20H21NO/c1-21-13-14(22)12-20-11-10-15(16-6-2-4-8-18(16)20)17-7-3-5-9-19(17)20/h2-9,15,21H,10-13H2,1H3. The maximum absolute atomic E-state index is 12.4. The smallest absolute Gasteiger partial charge is 0.147 e. The van der Waals surface area contributed by atoms with Crippen LogP contribution in [-0.4, -0.2) is 19.4 Å². The number of rotatable bonds is 4. The van der Waals surface area contributed by atoms with E-state index >= 15 is 0 Å². The van der Waals surface area contributed by atoms with Crippen LogP contribution in [0.15, 0.2) is 48.5 Å². The number of ketones is 1. The minimum Gasteiger partial charge on any atom is -0.313 e. The summed E-state index contributed by atoms with van der Waals surface area (Å²) in [6.07, 6.45) is 2.84. The Bertz CT molecular complexity index is 686. The van der Waals surface area contributed by atoms with E-state index in [1.54, 1.807) is 0 Å². The molecule has 0 atom stereocenters. The van der Waals surface area contributed by atoms with Crippen molar-refractivity contribution in [2.45, 2.75) is 30.6 Å². The zero-order valence-corrected chi connectivity index (χ0v) is 12.9. The Balaban J connectivity index is 1.91. The molecule has 2 nitrogen and oxygen atoms in total. The summed E-state index contributed by atoms with van der Waals surface area (Å²) in [4.78, 5) is 12.4. The van der Waals surface area contributed by atoms with Gasteiger partial charge in [0.25, 0.3) is 0 Å². The van der Waals surface area contributed by atoms with Gasteiger partial charge in [-0.15, -0.1) is 0 Å². The fourth-order valence-corrected chi connectivity index (χ4v) is 4.63. The Hall–Kier alpha value is -1.93. The highest BCUT2D eigenvalue weighted by molar-refractivity contribution is 5.83. The van der Waals surface area contributed by atoms with Crippen molar-refractivity contribution < 1.29 is 4.79 Å². The number of likely N-dealkylation sites (N-methyl/N-ethyl adjacent to an activating group) is 1. The third-order valence-corrected chi connectivity index (χ3v) is 5.44. The number of hydrogen-bond acceptors (Lipinski definition) is 2. The van der Waals surface area contributed by atoms with Crippen molar-refractivity contribution in [1.82, 2.24) is 5.32 Å². The second-order valence-electron chi connectivity index (χ2n) is 6.59. The van der Waals surface area contributed by atoms with Crippen molar-refractivity contribution in [2.24, 2.45) is 0 Å². The van der Waals surface area contributed by atoms with Crippen LogP contribution >= 0.6 is 0 Å².